The molecule has 2 amide bonds. The molecule has 31 heavy (non-hydrogen) atoms. The molecule has 2 N–H and O–H groups in total. The van der Waals surface area contributed by atoms with E-state index in [4.69, 9.17) is 0 Å². The van der Waals surface area contributed by atoms with Crippen LogP contribution in [0.4, 0.5) is 10.5 Å². The minimum Gasteiger partial charge on any atom is -0.347 e. The van der Waals surface area contributed by atoms with Gasteiger partial charge in [-0.15, -0.1) is 11.8 Å². The number of hydrogen-bond acceptors (Lipinski definition) is 3. The lowest BCUT2D eigenvalue weighted by Crippen LogP contribution is -2.32. The third-order valence-electron chi connectivity index (χ3n) is 5.42. The second-order valence-corrected chi connectivity index (χ2v) is 8.17. The molecule has 6 heteroatoms. The number of anilines is 1. The molecule has 0 unspecified atom stereocenters. The summed E-state index contributed by atoms with van der Waals surface area (Å²) in [5.41, 5.74) is 4.25. The minimum atomic E-state index is -0.216. The zero-order valence-corrected chi connectivity index (χ0v) is 18.5. The molecule has 0 aliphatic heterocycles. The molecule has 0 aliphatic rings. The number of fused-ring (bicyclic) bond motifs is 1. The average molecular weight is 431 g/mol. The molecule has 5 nitrogen and oxygen atoms in total. The van der Waals surface area contributed by atoms with Crippen LogP contribution in [-0.2, 0) is 6.54 Å². The SMILES string of the molecule is CCn1cc([C@@H](CNC(=O)Nc2cccc(SC)c2)c2cccnc2)c2ccccc21. The van der Waals surface area contributed by atoms with Gasteiger partial charge in [0.1, 0.15) is 0 Å². The van der Waals surface area contributed by atoms with E-state index < -0.39 is 0 Å². The fourth-order valence-corrected chi connectivity index (χ4v) is 4.33. The number of aromatic nitrogens is 2. The summed E-state index contributed by atoms with van der Waals surface area (Å²) in [7, 11) is 0. The number of amides is 2. The predicted octanol–water partition coefficient (Wildman–Crippen LogP) is 5.73. The van der Waals surface area contributed by atoms with Crippen LogP contribution >= 0.6 is 11.8 Å². The molecule has 4 aromatic rings. The maximum atomic E-state index is 12.7. The highest BCUT2D eigenvalue weighted by Crippen LogP contribution is 2.32. The minimum absolute atomic E-state index is 0.00492. The smallest absolute Gasteiger partial charge is 0.319 e. The number of nitrogens with one attached hydrogen (secondary N) is 2. The van der Waals surface area contributed by atoms with Gasteiger partial charge < -0.3 is 15.2 Å². The number of carbonyl (C=O) groups is 1. The third kappa shape index (κ3) is 4.75. The summed E-state index contributed by atoms with van der Waals surface area (Å²) in [6, 6.07) is 20.0. The fourth-order valence-electron chi connectivity index (χ4n) is 3.87. The number of aryl methyl sites for hydroxylation is 1. The average Bonchev–Trinajstić information content (AvgIpc) is 3.19. The van der Waals surface area contributed by atoms with E-state index in [0.717, 1.165) is 22.7 Å². The van der Waals surface area contributed by atoms with Crippen LogP contribution in [0.1, 0.15) is 24.0 Å². The second-order valence-electron chi connectivity index (χ2n) is 7.29. The topological polar surface area (TPSA) is 59.0 Å². The number of pyridine rings is 1. The maximum Gasteiger partial charge on any atom is 0.319 e. The van der Waals surface area contributed by atoms with Gasteiger partial charge in [0.05, 0.1) is 0 Å². The normalized spacial score (nSPS) is 11.9. The van der Waals surface area contributed by atoms with Crippen molar-refractivity contribution in [3.63, 3.8) is 0 Å². The third-order valence-corrected chi connectivity index (χ3v) is 6.14. The van der Waals surface area contributed by atoms with E-state index in [1.165, 1.54) is 16.5 Å². The van der Waals surface area contributed by atoms with Crippen LogP contribution in [0, 0.1) is 0 Å². The molecule has 0 spiro atoms. The van der Waals surface area contributed by atoms with E-state index in [-0.39, 0.29) is 11.9 Å². The van der Waals surface area contributed by atoms with Crippen molar-refractivity contribution in [2.24, 2.45) is 0 Å². The van der Waals surface area contributed by atoms with E-state index >= 15 is 0 Å². The van der Waals surface area contributed by atoms with Gasteiger partial charge in [0.2, 0.25) is 0 Å². The molecule has 2 aromatic heterocycles. The van der Waals surface area contributed by atoms with Crippen molar-refractivity contribution in [2.75, 3.05) is 18.1 Å². The van der Waals surface area contributed by atoms with Crippen molar-refractivity contribution in [1.82, 2.24) is 14.9 Å². The molecule has 1 atom stereocenters. The fraction of sp³-hybridized carbons (Fsp3) is 0.200. The second kappa shape index (κ2) is 9.71. The highest BCUT2D eigenvalue weighted by atomic mass is 32.2. The van der Waals surface area contributed by atoms with Gasteiger partial charge in [-0.1, -0.05) is 30.3 Å². The highest BCUT2D eigenvalue weighted by Gasteiger charge is 2.20. The van der Waals surface area contributed by atoms with Crippen LogP contribution in [0.15, 0.2) is 84.1 Å². The summed E-state index contributed by atoms with van der Waals surface area (Å²) >= 11 is 1.65. The number of rotatable bonds is 7. The van der Waals surface area contributed by atoms with Crippen molar-refractivity contribution in [1.29, 1.82) is 0 Å². The Bertz CT molecular complexity index is 1170. The molecule has 0 aliphatic carbocycles. The summed E-state index contributed by atoms with van der Waals surface area (Å²) in [6.45, 7) is 3.50. The van der Waals surface area contributed by atoms with Crippen molar-refractivity contribution < 1.29 is 4.79 Å². The Balaban J connectivity index is 1.59. The first kappa shape index (κ1) is 21.0. The molecule has 0 bridgehead atoms. The van der Waals surface area contributed by atoms with E-state index in [1.807, 2.05) is 42.8 Å². The van der Waals surface area contributed by atoms with Gasteiger partial charge in [-0.3, -0.25) is 4.98 Å². The molecule has 0 radical (unpaired) electrons. The van der Waals surface area contributed by atoms with E-state index in [1.54, 1.807) is 18.0 Å². The molecule has 2 heterocycles. The van der Waals surface area contributed by atoms with Gasteiger partial charge in [0.15, 0.2) is 0 Å². The van der Waals surface area contributed by atoms with Crippen LogP contribution in [0.2, 0.25) is 0 Å². The number of urea groups is 1. The van der Waals surface area contributed by atoms with E-state index in [2.05, 4.69) is 63.6 Å². The molecular formula is C25H26N4OS. The largest absolute Gasteiger partial charge is 0.347 e. The van der Waals surface area contributed by atoms with Crippen LogP contribution < -0.4 is 10.6 Å². The first-order valence-electron chi connectivity index (χ1n) is 10.4. The maximum absolute atomic E-state index is 12.7. The Morgan fingerprint density at radius 1 is 1.13 bits per heavy atom. The van der Waals surface area contributed by atoms with Gasteiger partial charge in [-0.2, -0.15) is 0 Å². The molecule has 0 saturated heterocycles. The summed E-state index contributed by atoms with van der Waals surface area (Å²) < 4.78 is 2.25. The summed E-state index contributed by atoms with van der Waals surface area (Å²) in [4.78, 5) is 18.1. The van der Waals surface area contributed by atoms with Gasteiger partial charge in [-0.05, 0) is 54.6 Å². The molecule has 158 valence electrons. The monoisotopic (exact) mass is 430 g/mol. The first-order valence-corrected chi connectivity index (χ1v) is 11.6. The Hall–Kier alpha value is -3.25. The van der Waals surface area contributed by atoms with Crippen LogP contribution in [-0.4, -0.2) is 28.4 Å². The van der Waals surface area contributed by atoms with Crippen molar-refractivity contribution in [3.8, 4) is 0 Å². The Labute approximate surface area is 186 Å². The van der Waals surface area contributed by atoms with Crippen LogP contribution in [0.25, 0.3) is 10.9 Å². The number of para-hydroxylation sites is 1. The van der Waals surface area contributed by atoms with Crippen molar-refractivity contribution in [2.45, 2.75) is 24.3 Å². The zero-order valence-electron chi connectivity index (χ0n) is 17.7. The number of thioether (sulfide) groups is 1. The Morgan fingerprint density at radius 3 is 2.77 bits per heavy atom. The van der Waals surface area contributed by atoms with Crippen LogP contribution in [0.5, 0.6) is 0 Å². The Kier molecular flexibility index (Phi) is 6.57. The summed E-state index contributed by atoms with van der Waals surface area (Å²) in [5, 5.41) is 7.21. The molecular weight excluding hydrogens is 404 g/mol. The summed E-state index contributed by atoms with van der Waals surface area (Å²) in [5.74, 6) is -0.00492. The van der Waals surface area contributed by atoms with E-state index in [9.17, 15) is 4.79 Å². The number of carbonyl (C=O) groups excluding carboxylic acids is 1. The van der Waals surface area contributed by atoms with Gasteiger partial charge in [0.25, 0.3) is 0 Å². The lowest BCUT2D eigenvalue weighted by Gasteiger charge is -2.18. The Morgan fingerprint density at radius 2 is 2.00 bits per heavy atom. The van der Waals surface area contributed by atoms with Crippen molar-refractivity contribution >= 4 is 34.4 Å². The van der Waals surface area contributed by atoms with Crippen LogP contribution in [0.3, 0.4) is 0 Å². The van der Waals surface area contributed by atoms with Gasteiger partial charge in [-0.25, -0.2) is 4.79 Å². The lowest BCUT2D eigenvalue weighted by molar-refractivity contribution is 0.252. The molecule has 0 fully saturated rings. The number of nitrogens with zero attached hydrogens (tertiary/aromatic N) is 2. The molecule has 0 saturated carbocycles. The predicted molar refractivity (Wildman–Crippen MR) is 129 cm³/mol. The first-order chi connectivity index (χ1) is 15.2. The van der Waals surface area contributed by atoms with Gasteiger partial charge in [0, 0.05) is 59.1 Å². The summed E-state index contributed by atoms with van der Waals surface area (Å²) in [6.07, 6.45) is 7.87. The highest BCUT2D eigenvalue weighted by molar-refractivity contribution is 7.98. The number of hydrogen-bond donors (Lipinski definition) is 2. The number of benzene rings is 2. The van der Waals surface area contributed by atoms with Gasteiger partial charge >= 0.3 is 6.03 Å². The van der Waals surface area contributed by atoms with Crippen molar-refractivity contribution in [3.05, 3.63) is 90.4 Å². The molecule has 4 rings (SSSR count). The standard InChI is InChI=1S/C25H26N4OS/c1-3-29-17-23(21-11-4-5-12-24(21)29)22(18-8-7-13-26-15-18)16-27-25(30)28-19-9-6-10-20(14-19)31-2/h4-15,17,22H,3,16H2,1-2H3,(H2,27,28,30)/t22-/m0/s1. The molecule has 2 aromatic carbocycles. The quantitative estimate of drug-likeness (QED) is 0.368. The van der Waals surface area contributed by atoms with E-state index in [0.29, 0.717) is 6.54 Å². The lowest BCUT2D eigenvalue weighted by atomic mass is 9.92. The zero-order chi connectivity index (χ0) is 21.6.